The summed E-state index contributed by atoms with van der Waals surface area (Å²) < 4.78 is 37.3. The van der Waals surface area contributed by atoms with Gasteiger partial charge in [-0.05, 0) is 37.0 Å². The minimum Gasteiger partial charge on any atom is -0.452 e. The van der Waals surface area contributed by atoms with Crippen LogP contribution in [0.15, 0.2) is 23.1 Å². The van der Waals surface area contributed by atoms with Crippen LogP contribution in [-0.2, 0) is 24.3 Å². The van der Waals surface area contributed by atoms with Crippen LogP contribution in [0, 0.1) is 12.8 Å². The number of nitrogens with zero attached hydrogens (tertiary/aromatic N) is 1. The second-order valence-corrected chi connectivity index (χ2v) is 9.01. The van der Waals surface area contributed by atoms with Gasteiger partial charge >= 0.3 is 5.97 Å². The first-order valence-electron chi connectivity index (χ1n) is 9.34. The summed E-state index contributed by atoms with van der Waals surface area (Å²) in [7, 11) is -3.73. The Morgan fingerprint density at radius 1 is 1.25 bits per heavy atom. The second kappa shape index (κ2) is 9.99. The zero-order valence-corrected chi connectivity index (χ0v) is 17.4. The number of rotatable bonds is 8. The molecule has 8 nitrogen and oxygen atoms in total. The van der Waals surface area contributed by atoms with Gasteiger partial charge in [-0.15, -0.1) is 0 Å². The SMILES string of the molecule is Cc1ccc(C(=O)OCC(=O)NCCC(C)C)cc1S(=O)(=O)N1CCOCC1. The molecule has 1 saturated heterocycles. The topological polar surface area (TPSA) is 102 Å². The van der Waals surface area contributed by atoms with Crippen LogP contribution in [0.2, 0.25) is 0 Å². The summed E-state index contributed by atoms with van der Waals surface area (Å²) in [5, 5.41) is 2.68. The lowest BCUT2D eigenvalue weighted by Crippen LogP contribution is -2.40. The fraction of sp³-hybridized carbons (Fsp3) is 0.579. The van der Waals surface area contributed by atoms with Crippen molar-refractivity contribution in [3.05, 3.63) is 29.3 Å². The number of benzene rings is 1. The van der Waals surface area contributed by atoms with Crippen LogP contribution in [0.1, 0.15) is 36.2 Å². The van der Waals surface area contributed by atoms with Gasteiger partial charge in [0.1, 0.15) is 0 Å². The molecule has 1 amide bonds. The molecule has 0 spiro atoms. The van der Waals surface area contributed by atoms with E-state index in [0.29, 0.717) is 31.2 Å². The van der Waals surface area contributed by atoms with Gasteiger partial charge in [-0.25, -0.2) is 13.2 Å². The maximum atomic E-state index is 12.9. The Bertz CT molecular complexity index is 801. The highest BCUT2D eigenvalue weighted by Crippen LogP contribution is 2.22. The third-order valence-electron chi connectivity index (χ3n) is 4.39. The first-order valence-corrected chi connectivity index (χ1v) is 10.8. The molecule has 1 fully saturated rings. The molecule has 0 radical (unpaired) electrons. The molecule has 0 bridgehead atoms. The standard InChI is InChI=1S/C19H28N2O6S/c1-14(2)6-7-20-18(22)13-27-19(23)16-5-4-15(3)17(12-16)28(24,25)21-8-10-26-11-9-21/h4-5,12,14H,6-11,13H2,1-3H3,(H,20,22). The molecule has 1 aliphatic rings. The molecule has 1 aromatic rings. The van der Waals surface area contributed by atoms with Gasteiger partial charge in [-0.3, -0.25) is 4.79 Å². The van der Waals surface area contributed by atoms with Crippen molar-refractivity contribution >= 4 is 21.9 Å². The molecular weight excluding hydrogens is 384 g/mol. The van der Waals surface area contributed by atoms with Crippen LogP contribution in [0.5, 0.6) is 0 Å². The lowest BCUT2D eigenvalue weighted by molar-refractivity contribution is -0.124. The number of nitrogens with one attached hydrogen (secondary N) is 1. The van der Waals surface area contributed by atoms with Crippen molar-refractivity contribution in [1.29, 1.82) is 0 Å². The number of aryl methyl sites for hydroxylation is 1. The summed E-state index contributed by atoms with van der Waals surface area (Å²) in [5.74, 6) is -0.665. The molecular formula is C19H28N2O6S. The fourth-order valence-electron chi connectivity index (χ4n) is 2.70. The lowest BCUT2D eigenvalue weighted by atomic mass is 10.1. The maximum Gasteiger partial charge on any atom is 0.338 e. The molecule has 1 N–H and O–H groups in total. The number of carbonyl (C=O) groups excluding carboxylic acids is 2. The van der Waals surface area contributed by atoms with Gasteiger partial charge in [0.05, 0.1) is 23.7 Å². The van der Waals surface area contributed by atoms with Crippen molar-refractivity contribution in [1.82, 2.24) is 9.62 Å². The first kappa shape index (κ1) is 22.3. The number of morpholine rings is 1. The molecule has 1 heterocycles. The molecule has 1 aliphatic heterocycles. The predicted molar refractivity (Wildman–Crippen MR) is 104 cm³/mol. The Kier molecular flexibility index (Phi) is 7.97. The number of amides is 1. The quantitative estimate of drug-likeness (QED) is 0.647. The van der Waals surface area contributed by atoms with Crippen LogP contribution in [-0.4, -0.2) is 64.1 Å². The highest BCUT2D eigenvalue weighted by atomic mass is 32.2. The van der Waals surface area contributed by atoms with Crippen LogP contribution >= 0.6 is 0 Å². The smallest absolute Gasteiger partial charge is 0.338 e. The van der Waals surface area contributed by atoms with Gasteiger partial charge < -0.3 is 14.8 Å². The van der Waals surface area contributed by atoms with E-state index in [9.17, 15) is 18.0 Å². The molecule has 0 unspecified atom stereocenters. The van der Waals surface area contributed by atoms with E-state index in [1.54, 1.807) is 13.0 Å². The summed E-state index contributed by atoms with van der Waals surface area (Å²) in [4.78, 5) is 24.1. The third kappa shape index (κ3) is 6.02. The molecule has 156 valence electrons. The molecule has 0 saturated carbocycles. The van der Waals surface area contributed by atoms with Gasteiger partial charge in [0, 0.05) is 19.6 Å². The van der Waals surface area contributed by atoms with Gasteiger partial charge in [0.2, 0.25) is 10.0 Å². The van der Waals surface area contributed by atoms with E-state index < -0.39 is 22.6 Å². The van der Waals surface area contributed by atoms with Crippen molar-refractivity contribution in [2.24, 2.45) is 5.92 Å². The van der Waals surface area contributed by atoms with Crippen LogP contribution in [0.4, 0.5) is 0 Å². The Morgan fingerprint density at radius 3 is 2.57 bits per heavy atom. The number of hydrogen-bond acceptors (Lipinski definition) is 6. The van der Waals surface area contributed by atoms with Crippen molar-refractivity contribution in [3.8, 4) is 0 Å². The average molecular weight is 413 g/mol. The van der Waals surface area contributed by atoms with Crippen molar-refractivity contribution in [2.45, 2.75) is 32.1 Å². The first-order chi connectivity index (χ1) is 13.2. The summed E-state index contributed by atoms with van der Waals surface area (Å²) in [6.07, 6.45) is 0.834. The van der Waals surface area contributed by atoms with Crippen LogP contribution in [0.25, 0.3) is 0 Å². The molecule has 0 aromatic heterocycles. The zero-order valence-electron chi connectivity index (χ0n) is 16.6. The Labute approximate surface area is 166 Å². The van der Waals surface area contributed by atoms with E-state index in [4.69, 9.17) is 9.47 Å². The van der Waals surface area contributed by atoms with Gasteiger partial charge in [-0.2, -0.15) is 4.31 Å². The number of sulfonamides is 1. The molecule has 1 aromatic carbocycles. The molecule has 28 heavy (non-hydrogen) atoms. The van der Waals surface area contributed by atoms with E-state index >= 15 is 0 Å². The van der Waals surface area contributed by atoms with Crippen molar-refractivity contribution < 1.29 is 27.5 Å². The van der Waals surface area contributed by atoms with Crippen LogP contribution < -0.4 is 5.32 Å². The number of esters is 1. The fourth-order valence-corrected chi connectivity index (χ4v) is 4.36. The van der Waals surface area contributed by atoms with Gasteiger partial charge in [0.25, 0.3) is 5.91 Å². The zero-order chi connectivity index (χ0) is 20.7. The Balaban J connectivity index is 2.03. The number of ether oxygens (including phenoxy) is 2. The molecule has 2 rings (SSSR count). The highest BCUT2D eigenvalue weighted by molar-refractivity contribution is 7.89. The highest BCUT2D eigenvalue weighted by Gasteiger charge is 2.28. The van der Waals surface area contributed by atoms with Gasteiger partial charge in [0.15, 0.2) is 6.61 Å². The lowest BCUT2D eigenvalue weighted by Gasteiger charge is -2.26. The normalized spacial score (nSPS) is 15.4. The largest absolute Gasteiger partial charge is 0.452 e. The van der Waals surface area contributed by atoms with Crippen molar-refractivity contribution in [2.75, 3.05) is 39.5 Å². The average Bonchev–Trinajstić information content (AvgIpc) is 2.66. The minimum atomic E-state index is -3.73. The summed E-state index contributed by atoms with van der Waals surface area (Å²) >= 11 is 0. The van der Waals surface area contributed by atoms with E-state index in [2.05, 4.69) is 5.32 Å². The van der Waals surface area contributed by atoms with Crippen molar-refractivity contribution in [3.63, 3.8) is 0 Å². The third-order valence-corrected chi connectivity index (χ3v) is 6.43. The molecule has 9 heteroatoms. The summed E-state index contributed by atoms with van der Waals surface area (Å²) in [6, 6.07) is 4.36. The van der Waals surface area contributed by atoms with Crippen LogP contribution in [0.3, 0.4) is 0 Å². The molecule has 0 atom stereocenters. The summed E-state index contributed by atoms with van der Waals surface area (Å²) in [5.41, 5.74) is 0.627. The van der Waals surface area contributed by atoms with Gasteiger partial charge in [-0.1, -0.05) is 19.9 Å². The summed E-state index contributed by atoms with van der Waals surface area (Å²) in [6.45, 7) is 7.09. The maximum absolute atomic E-state index is 12.9. The predicted octanol–water partition coefficient (Wildman–Crippen LogP) is 1.34. The Hall–Kier alpha value is -1.97. The monoisotopic (exact) mass is 412 g/mol. The van der Waals surface area contributed by atoms with E-state index in [1.807, 2.05) is 13.8 Å². The molecule has 0 aliphatic carbocycles. The van der Waals surface area contributed by atoms with E-state index in [0.717, 1.165) is 6.42 Å². The number of carbonyl (C=O) groups is 2. The number of hydrogen-bond donors (Lipinski definition) is 1. The van der Waals surface area contributed by atoms with E-state index in [1.165, 1.54) is 16.4 Å². The second-order valence-electron chi connectivity index (χ2n) is 7.11. The van der Waals surface area contributed by atoms with E-state index in [-0.39, 0.29) is 29.5 Å². The Morgan fingerprint density at radius 2 is 1.93 bits per heavy atom. The minimum absolute atomic E-state index is 0.0604.